The van der Waals surface area contributed by atoms with E-state index in [0.717, 1.165) is 11.1 Å². The van der Waals surface area contributed by atoms with Crippen molar-refractivity contribution in [2.75, 3.05) is 12.4 Å². The lowest BCUT2D eigenvalue weighted by molar-refractivity contribution is -0.384. The van der Waals surface area contributed by atoms with Crippen LogP contribution in [0.5, 0.6) is 11.5 Å². The molecule has 0 spiro atoms. The van der Waals surface area contributed by atoms with Gasteiger partial charge in [-0.05, 0) is 44.0 Å². The predicted octanol–water partition coefficient (Wildman–Crippen LogP) is 3.63. The average Bonchev–Trinajstić information content (AvgIpc) is 2.58. The van der Waals surface area contributed by atoms with Crippen molar-refractivity contribution in [1.82, 2.24) is 0 Å². The van der Waals surface area contributed by atoms with E-state index in [4.69, 9.17) is 9.47 Å². The molecule has 132 valence electrons. The van der Waals surface area contributed by atoms with E-state index >= 15 is 0 Å². The van der Waals surface area contributed by atoms with Gasteiger partial charge in [0.05, 0.1) is 17.7 Å². The molecule has 1 atom stereocenters. The molecule has 1 amide bonds. The molecule has 0 saturated carbocycles. The first-order chi connectivity index (χ1) is 11.8. The zero-order valence-electron chi connectivity index (χ0n) is 14.5. The van der Waals surface area contributed by atoms with Gasteiger partial charge in [0.15, 0.2) is 6.10 Å². The van der Waals surface area contributed by atoms with Gasteiger partial charge in [-0.3, -0.25) is 14.9 Å². The van der Waals surface area contributed by atoms with E-state index in [-0.39, 0.29) is 11.4 Å². The molecule has 7 heteroatoms. The first-order valence-corrected chi connectivity index (χ1v) is 7.69. The van der Waals surface area contributed by atoms with Gasteiger partial charge in [-0.2, -0.15) is 0 Å². The van der Waals surface area contributed by atoms with Gasteiger partial charge in [-0.25, -0.2) is 0 Å². The third-order valence-electron chi connectivity index (χ3n) is 3.88. The summed E-state index contributed by atoms with van der Waals surface area (Å²) in [7, 11) is 1.42. The highest BCUT2D eigenvalue weighted by atomic mass is 16.6. The van der Waals surface area contributed by atoms with E-state index in [2.05, 4.69) is 5.32 Å². The molecule has 2 aromatic rings. The Bertz CT molecular complexity index is 804. The summed E-state index contributed by atoms with van der Waals surface area (Å²) >= 11 is 0. The number of hydrogen-bond donors (Lipinski definition) is 1. The first kappa shape index (κ1) is 18.3. The normalized spacial score (nSPS) is 11.5. The van der Waals surface area contributed by atoms with E-state index in [1.54, 1.807) is 13.0 Å². The Hall–Kier alpha value is -3.09. The quantitative estimate of drug-likeness (QED) is 0.638. The number of hydrogen-bond acceptors (Lipinski definition) is 5. The second kappa shape index (κ2) is 7.65. The number of carbonyl (C=O) groups is 1. The summed E-state index contributed by atoms with van der Waals surface area (Å²) in [5.74, 6) is 0.520. The van der Waals surface area contributed by atoms with Crippen molar-refractivity contribution in [3.05, 3.63) is 57.6 Å². The minimum atomic E-state index is -0.788. The predicted molar refractivity (Wildman–Crippen MR) is 94.3 cm³/mol. The van der Waals surface area contributed by atoms with E-state index < -0.39 is 16.9 Å². The number of nitrogens with one attached hydrogen (secondary N) is 1. The van der Waals surface area contributed by atoms with Gasteiger partial charge in [-0.15, -0.1) is 0 Å². The Balaban J connectivity index is 2.17. The fourth-order valence-electron chi connectivity index (χ4n) is 2.24. The lowest BCUT2D eigenvalue weighted by atomic mass is 10.1. The van der Waals surface area contributed by atoms with E-state index in [9.17, 15) is 14.9 Å². The third kappa shape index (κ3) is 4.26. The highest BCUT2D eigenvalue weighted by Gasteiger charge is 2.19. The molecule has 0 heterocycles. The Morgan fingerprint density at radius 1 is 1.20 bits per heavy atom. The molecular formula is C18H20N2O5. The summed E-state index contributed by atoms with van der Waals surface area (Å²) in [5.41, 5.74) is 2.10. The van der Waals surface area contributed by atoms with Gasteiger partial charge in [-0.1, -0.05) is 12.1 Å². The van der Waals surface area contributed by atoms with Crippen LogP contribution in [0.25, 0.3) is 0 Å². The number of ether oxygens (including phenoxy) is 2. The van der Waals surface area contributed by atoms with Crippen molar-refractivity contribution in [3.8, 4) is 11.5 Å². The molecule has 0 aromatic heterocycles. The van der Waals surface area contributed by atoms with Gasteiger partial charge in [0.1, 0.15) is 11.5 Å². The Kier molecular flexibility index (Phi) is 5.59. The third-order valence-corrected chi connectivity index (χ3v) is 3.88. The number of nitrogens with zero attached hydrogens (tertiary/aromatic N) is 1. The molecule has 0 unspecified atom stereocenters. The number of amides is 1. The molecule has 0 aliphatic carbocycles. The summed E-state index contributed by atoms with van der Waals surface area (Å²) < 4.78 is 10.9. The summed E-state index contributed by atoms with van der Waals surface area (Å²) in [6.07, 6.45) is -0.788. The van der Waals surface area contributed by atoms with Crippen LogP contribution in [0.15, 0.2) is 36.4 Å². The van der Waals surface area contributed by atoms with Crippen LogP contribution in [0.1, 0.15) is 18.1 Å². The number of carbonyl (C=O) groups excluding carboxylic acids is 1. The van der Waals surface area contributed by atoms with Crippen LogP contribution in [0.2, 0.25) is 0 Å². The maximum Gasteiger partial charge on any atom is 0.271 e. The Morgan fingerprint density at radius 3 is 2.56 bits per heavy atom. The molecule has 0 aliphatic heterocycles. The average molecular weight is 344 g/mol. The van der Waals surface area contributed by atoms with Crippen molar-refractivity contribution < 1.29 is 19.2 Å². The number of nitro groups is 1. The van der Waals surface area contributed by atoms with Gasteiger partial charge in [0.2, 0.25) is 0 Å². The Labute approximate surface area is 145 Å². The van der Waals surface area contributed by atoms with Crippen molar-refractivity contribution in [3.63, 3.8) is 0 Å². The van der Waals surface area contributed by atoms with Gasteiger partial charge >= 0.3 is 0 Å². The summed E-state index contributed by atoms with van der Waals surface area (Å²) in [6, 6.07) is 9.60. The minimum Gasteiger partial charge on any atom is -0.495 e. The van der Waals surface area contributed by atoms with Crippen LogP contribution in [-0.4, -0.2) is 24.0 Å². The smallest absolute Gasteiger partial charge is 0.271 e. The number of rotatable bonds is 6. The number of methoxy groups -OCH3 is 1. The molecule has 0 radical (unpaired) electrons. The number of anilines is 1. The summed E-state index contributed by atoms with van der Waals surface area (Å²) in [5, 5.41) is 13.5. The topological polar surface area (TPSA) is 90.7 Å². The zero-order valence-corrected chi connectivity index (χ0v) is 14.5. The second-order valence-corrected chi connectivity index (χ2v) is 5.59. The summed E-state index contributed by atoms with van der Waals surface area (Å²) in [6.45, 7) is 5.49. The maximum absolute atomic E-state index is 12.4. The molecule has 0 saturated heterocycles. The molecule has 0 aliphatic rings. The van der Waals surface area contributed by atoms with Crippen molar-refractivity contribution >= 4 is 17.3 Å². The largest absolute Gasteiger partial charge is 0.495 e. The highest BCUT2D eigenvalue weighted by molar-refractivity contribution is 5.95. The van der Waals surface area contributed by atoms with Gasteiger partial charge < -0.3 is 14.8 Å². The van der Waals surface area contributed by atoms with Gasteiger partial charge in [0.25, 0.3) is 11.6 Å². The van der Waals surface area contributed by atoms with Crippen LogP contribution in [0.4, 0.5) is 11.4 Å². The minimum absolute atomic E-state index is 0.140. The van der Waals surface area contributed by atoms with Crippen molar-refractivity contribution in [1.29, 1.82) is 0 Å². The van der Waals surface area contributed by atoms with Crippen LogP contribution in [-0.2, 0) is 4.79 Å². The number of aryl methyl sites for hydroxylation is 1. The fourth-order valence-corrected chi connectivity index (χ4v) is 2.24. The number of benzene rings is 2. The van der Waals surface area contributed by atoms with E-state index in [0.29, 0.717) is 11.5 Å². The van der Waals surface area contributed by atoms with Crippen LogP contribution in [0.3, 0.4) is 0 Å². The monoisotopic (exact) mass is 344 g/mol. The lowest BCUT2D eigenvalue weighted by Crippen LogP contribution is -2.30. The van der Waals surface area contributed by atoms with E-state index in [1.807, 2.05) is 26.0 Å². The highest BCUT2D eigenvalue weighted by Crippen LogP contribution is 2.29. The van der Waals surface area contributed by atoms with Crippen molar-refractivity contribution in [2.45, 2.75) is 26.9 Å². The second-order valence-electron chi connectivity index (χ2n) is 5.59. The van der Waals surface area contributed by atoms with Gasteiger partial charge in [0, 0.05) is 12.1 Å². The fraction of sp³-hybridized carbons (Fsp3) is 0.278. The molecular weight excluding hydrogens is 324 g/mol. The SMILES string of the molecule is COc1ccc([N+](=O)[O-])cc1NC(=O)[C@H](C)Oc1cccc(C)c1C. The number of non-ortho nitro benzene ring substituents is 1. The molecule has 2 rings (SSSR count). The zero-order chi connectivity index (χ0) is 18.6. The number of nitro benzene ring substituents is 1. The standard InChI is InChI=1S/C18H20N2O5/c1-11-6-5-7-16(12(11)2)25-13(3)18(21)19-15-10-14(20(22)23)8-9-17(15)24-4/h5-10,13H,1-4H3,(H,19,21)/t13-/m0/s1. The maximum atomic E-state index is 12.4. The van der Waals surface area contributed by atoms with Crippen molar-refractivity contribution in [2.24, 2.45) is 0 Å². The first-order valence-electron chi connectivity index (χ1n) is 7.69. The lowest BCUT2D eigenvalue weighted by Gasteiger charge is -2.18. The Morgan fingerprint density at radius 2 is 1.92 bits per heavy atom. The molecule has 0 fully saturated rings. The van der Waals surface area contributed by atoms with Crippen LogP contribution in [0, 0.1) is 24.0 Å². The molecule has 25 heavy (non-hydrogen) atoms. The molecule has 7 nitrogen and oxygen atoms in total. The molecule has 0 bridgehead atoms. The van der Waals surface area contributed by atoms with Crippen LogP contribution < -0.4 is 14.8 Å². The van der Waals surface area contributed by atoms with Crippen LogP contribution >= 0.6 is 0 Å². The van der Waals surface area contributed by atoms with E-state index in [1.165, 1.54) is 25.3 Å². The summed E-state index contributed by atoms with van der Waals surface area (Å²) in [4.78, 5) is 22.8. The molecule has 1 N–H and O–H groups in total. The molecule has 2 aromatic carbocycles.